The average molecular weight is 1140 g/mol. The Morgan fingerprint density at radius 3 is 0.756 bits per heavy atom. The number of esters is 3. The average Bonchev–Trinajstić information content (AvgIpc) is 3.48. The van der Waals surface area contributed by atoms with Crippen LogP contribution < -0.4 is 0 Å². The van der Waals surface area contributed by atoms with Crippen LogP contribution >= 0.6 is 0 Å². The van der Waals surface area contributed by atoms with Crippen LogP contribution in [0.2, 0.25) is 0 Å². The van der Waals surface area contributed by atoms with Gasteiger partial charge in [-0.15, -0.1) is 0 Å². The molecule has 6 nitrogen and oxygen atoms in total. The third kappa shape index (κ3) is 66.4. The van der Waals surface area contributed by atoms with Crippen molar-refractivity contribution in [3.63, 3.8) is 0 Å². The SMILES string of the molecule is CC/C=C\C/C=C\C/C=C\C/C=C\C/C=C\C/C=C\CCCCCCCCCCC(=O)OCC(COC(=O)CCCCCCC/C=C\CCCCCCC)OC(=O)CCCCCCCCCCCC/C=C\C/C=C\C/C=C\C/C=C\CC. The Hall–Kier alpha value is -4.45. The van der Waals surface area contributed by atoms with E-state index in [2.05, 4.69) is 154 Å². The molecule has 0 radical (unpaired) electrons. The summed E-state index contributed by atoms with van der Waals surface area (Å²) in [7, 11) is 0. The second-order valence-electron chi connectivity index (χ2n) is 22.3. The molecule has 0 aliphatic carbocycles. The van der Waals surface area contributed by atoms with E-state index < -0.39 is 6.10 Å². The van der Waals surface area contributed by atoms with Crippen LogP contribution in [0.3, 0.4) is 0 Å². The molecule has 0 fully saturated rings. The minimum absolute atomic E-state index is 0.0887. The maximum atomic E-state index is 13.0. The summed E-state index contributed by atoms with van der Waals surface area (Å²) in [6, 6.07) is 0. The highest BCUT2D eigenvalue weighted by atomic mass is 16.6. The van der Waals surface area contributed by atoms with Gasteiger partial charge in [0.1, 0.15) is 13.2 Å². The van der Waals surface area contributed by atoms with E-state index >= 15 is 0 Å². The van der Waals surface area contributed by atoms with Gasteiger partial charge in [-0.05, 0) is 135 Å². The van der Waals surface area contributed by atoms with Crippen LogP contribution in [0.1, 0.15) is 310 Å². The molecular formula is C76H126O6. The van der Waals surface area contributed by atoms with Gasteiger partial charge < -0.3 is 14.2 Å². The molecule has 82 heavy (non-hydrogen) atoms. The summed E-state index contributed by atoms with van der Waals surface area (Å²) in [6.07, 6.45) is 97.4. The van der Waals surface area contributed by atoms with Crippen molar-refractivity contribution in [2.45, 2.75) is 316 Å². The standard InChI is InChI=1S/C76H126O6/c1-4-7-10-13-16-19-22-25-28-30-32-34-36-37-38-39-41-42-44-46-48-51-54-57-60-63-66-69-75(78)81-72-73(71-80-74(77)68-65-62-59-56-53-50-27-24-21-18-15-12-9-6-3)82-76(79)70-67-64-61-58-55-52-49-47-45-43-40-35-33-31-29-26-23-20-17-14-11-8-5-2/h7-8,10-11,16-17,19-20,24-29,32-35,37-38,41-42,73H,4-6,9,12-15,18,21-23,30-31,36,39-40,43-72H2,1-3H3/b10-7-,11-8-,19-16-,20-17-,27-24-,28-25-,29-26-,34-32-,35-33-,38-37-,42-41-. The Morgan fingerprint density at radius 2 is 0.476 bits per heavy atom. The van der Waals surface area contributed by atoms with Crippen LogP contribution in [0.4, 0.5) is 0 Å². The van der Waals surface area contributed by atoms with Gasteiger partial charge in [-0.3, -0.25) is 14.4 Å². The van der Waals surface area contributed by atoms with Crippen LogP contribution in [0, 0.1) is 0 Å². The molecule has 0 bridgehead atoms. The van der Waals surface area contributed by atoms with Crippen molar-refractivity contribution in [1.82, 2.24) is 0 Å². The van der Waals surface area contributed by atoms with E-state index in [1.807, 2.05) is 0 Å². The highest BCUT2D eigenvalue weighted by Gasteiger charge is 2.19. The number of allylic oxidation sites excluding steroid dienone is 22. The van der Waals surface area contributed by atoms with Gasteiger partial charge in [-0.1, -0.05) is 289 Å². The zero-order chi connectivity index (χ0) is 59.2. The number of carbonyl (C=O) groups is 3. The van der Waals surface area contributed by atoms with Crippen LogP contribution in [0.25, 0.3) is 0 Å². The summed E-state index contributed by atoms with van der Waals surface area (Å²) in [5.74, 6) is -0.902. The lowest BCUT2D eigenvalue weighted by molar-refractivity contribution is -0.167. The number of hydrogen-bond donors (Lipinski definition) is 0. The van der Waals surface area contributed by atoms with Gasteiger partial charge in [-0.25, -0.2) is 0 Å². The number of carbonyl (C=O) groups excluding carboxylic acids is 3. The fourth-order valence-corrected chi connectivity index (χ4v) is 9.32. The first-order valence-corrected chi connectivity index (χ1v) is 34.2. The molecule has 0 aliphatic rings. The smallest absolute Gasteiger partial charge is 0.306 e. The summed E-state index contributed by atoms with van der Waals surface area (Å²) in [6.45, 7) is 6.41. The van der Waals surface area contributed by atoms with E-state index in [-0.39, 0.29) is 31.1 Å². The Labute approximate surface area is 506 Å². The number of hydrogen-bond acceptors (Lipinski definition) is 6. The van der Waals surface area contributed by atoms with Crippen molar-refractivity contribution in [3.8, 4) is 0 Å². The first-order chi connectivity index (χ1) is 40.5. The Morgan fingerprint density at radius 1 is 0.256 bits per heavy atom. The molecule has 0 aromatic carbocycles. The second-order valence-corrected chi connectivity index (χ2v) is 22.3. The predicted octanol–water partition coefficient (Wildman–Crippen LogP) is 23.7. The Bertz CT molecular complexity index is 1730. The van der Waals surface area contributed by atoms with Crippen LogP contribution in [-0.2, 0) is 28.6 Å². The second kappa shape index (κ2) is 69.0. The van der Waals surface area contributed by atoms with E-state index in [4.69, 9.17) is 14.2 Å². The van der Waals surface area contributed by atoms with Gasteiger partial charge in [0, 0.05) is 19.3 Å². The van der Waals surface area contributed by atoms with Crippen molar-refractivity contribution >= 4 is 17.9 Å². The van der Waals surface area contributed by atoms with E-state index in [0.717, 1.165) is 135 Å². The largest absolute Gasteiger partial charge is 0.462 e. The number of unbranched alkanes of at least 4 members (excludes halogenated alkanes) is 28. The molecule has 0 saturated heterocycles. The third-order valence-electron chi connectivity index (χ3n) is 14.4. The van der Waals surface area contributed by atoms with Crippen LogP contribution in [0.15, 0.2) is 134 Å². The van der Waals surface area contributed by atoms with Gasteiger partial charge in [0.2, 0.25) is 0 Å². The zero-order valence-corrected chi connectivity index (χ0v) is 53.5. The normalized spacial score (nSPS) is 13.0. The maximum absolute atomic E-state index is 13.0. The topological polar surface area (TPSA) is 78.9 Å². The monoisotopic (exact) mass is 1130 g/mol. The van der Waals surface area contributed by atoms with Gasteiger partial charge in [0.25, 0.3) is 0 Å². The zero-order valence-electron chi connectivity index (χ0n) is 53.5. The molecular weight excluding hydrogens is 1010 g/mol. The van der Waals surface area contributed by atoms with Gasteiger partial charge in [0.05, 0.1) is 0 Å². The van der Waals surface area contributed by atoms with Crippen molar-refractivity contribution in [3.05, 3.63) is 134 Å². The summed E-state index contributed by atoms with van der Waals surface area (Å²) < 4.78 is 17.0. The van der Waals surface area contributed by atoms with E-state index in [1.165, 1.54) is 135 Å². The fraction of sp³-hybridized carbons (Fsp3) is 0.671. The molecule has 0 saturated carbocycles. The molecule has 0 rings (SSSR count). The number of rotatable bonds is 61. The minimum Gasteiger partial charge on any atom is -0.462 e. The molecule has 0 aromatic heterocycles. The van der Waals surface area contributed by atoms with Gasteiger partial charge in [-0.2, -0.15) is 0 Å². The van der Waals surface area contributed by atoms with Crippen molar-refractivity contribution in [2.75, 3.05) is 13.2 Å². The Balaban J connectivity index is 4.37. The summed E-state index contributed by atoms with van der Waals surface area (Å²) in [5.41, 5.74) is 0. The molecule has 0 heterocycles. The minimum atomic E-state index is -0.793. The maximum Gasteiger partial charge on any atom is 0.306 e. The fourth-order valence-electron chi connectivity index (χ4n) is 9.32. The lowest BCUT2D eigenvalue weighted by atomic mass is 10.0. The highest BCUT2D eigenvalue weighted by molar-refractivity contribution is 5.71. The quantitative estimate of drug-likeness (QED) is 0.0261. The van der Waals surface area contributed by atoms with Crippen molar-refractivity contribution < 1.29 is 28.6 Å². The summed E-state index contributed by atoms with van der Waals surface area (Å²) >= 11 is 0. The first kappa shape index (κ1) is 77.5. The molecule has 0 amide bonds. The molecule has 1 atom stereocenters. The summed E-state index contributed by atoms with van der Waals surface area (Å²) in [5, 5.41) is 0. The molecule has 0 aromatic rings. The van der Waals surface area contributed by atoms with Gasteiger partial charge >= 0.3 is 17.9 Å². The number of ether oxygens (including phenoxy) is 3. The van der Waals surface area contributed by atoms with E-state index in [9.17, 15) is 14.4 Å². The summed E-state index contributed by atoms with van der Waals surface area (Å²) in [4.78, 5) is 38.4. The lowest BCUT2D eigenvalue weighted by Gasteiger charge is -2.18. The lowest BCUT2D eigenvalue weighted by Crippen LogP contribution is -2.30. The first-order valence-electron chi connectivity index (χ1n) is 34.2. The highest BCUT2D eigenvalue weighted by Crippen LogP contribution is 2.16. The molecule has 0 spiro atoms. The predicted molar refractivity (Wildman–Crippen MR) is 357 cm³/mol. The third-order valence-corrected chi connectivity index (χ3v) is 14.4. The van der Waals surface area contributed by atoms with E-state index in [0.29, 0.717) is 19.3 Å². The molecule has 1 unspecified atom stereocenters. The molecule has 466 valence electrons. The van der Waals surface area contributed by atoms with E-state index in [1.54, 1.807) is 0 Å². The molecule has 6 heteroatoms. The van der Waals surface area contributed by atoms with Crippen LogP contribution in [-0.4, -0.2) is 37.2 Å². The van der Waals surface area contributed by atoms with Crippen LogP contribution in [0.5, 0.6) is 0 Å². The molecule has 0 N–H and O–H groups in total. The van der Waals surface area contributed by atoms with Gasteiger partial charge in [0.15, 0.2) is 6.10 Å². The van der Waals surface area contributed by atoms with Crippen molar-refractivity contribution in [1.29, 1.82) is 0 Å². The molecule has 0 aliphatic heterocycles. The van der Waals surface area contributed by atoms with Crippen molar-refractivity contribution in [2.24, 2.45) is 0 Å². The Kier molecular flexibility index (Phi) is 65.3.